The van der Waals surface area contributed by atoms with E-state index >= 15 is 0 Å². The SMILES string of the molecule is CCNC(C1CCOCC1)C(C)(CC)OC. The van der Waals surface area contributed by atoms with Crippen LogP contribution >= 0.6 is 0 Å². The van der Waals surface area contributed by atoms with Gasteiger partial charge in [0.15, 0.2) is 0 Å². The number of likely N-dealkylation sites (N-methyl/N-ethyl adjacent to an activating group) is 1. The first kappa shape index (κ1) is 13.9. The normalized spacial score (nSPS) is 24.0. The second-order valence-electron chi connectivity index (χ2n) is 4.86. The fraction of sp³-hybridized carbons (Fsp3) is 1.00. The molecule has 0 spiro atoms. The summed E-state index contributed by atoms with van der Waals surface area (Å²) in [5.74, 6) is 0.679. The molecule has 0 saturated carbocycles. The number of methoxy groups -OCH3 is 1. The van der Waals surface area contributed by atoms with Crippen LogP contribution in [0.5, 0.6) is 0 Å². The molecule has 1 heterocycles. The van der Waals surface area contributed by atoms with Gasteiger partial charge >= 0.3 is 0 Å². The van der Waals surface area contributed by atoms with Gasteiger partial charge in [-0.3, -0.25) is 0 Å². The van der Waals surface area contributed by atoms with Gasteiger partial charge in [-0.25, -0.2) is 0 Å². The second kappa shape index (κ2) is 6.58. The molecule has 0 aliphatic carbocycles. The van der Waals surface area contributed by atoms with Gasteiger partial charge in [0.2, 0.25) is 0 Å². The van der Waals surface area contributed by atoms with E-state index in [1.807, 2.05) is 7.11 Å². The Morgan fingerprint density at radius 1 is 1.38 bits per heavy atom. The molecule has 0 radical (unpaired) electrons. The van der Waals surface area contributed by atoms with Gasteiger partial charge in [0.25, 0.3) is 0 Å². The zero-order valence-corrected chi connectivity index (χ0v) is 11.2. The molecule has 0 aromatic heterocycles. The van der Waals surface area contributed by atoms with Gasteiger partial charge in [-0.1, -0.05) is 13.8 Å². The zero-order chi connectivity index (χ0) is 12.0. The van der Waals surface area contributed by atoms with Crippen LogP contribution in [-0.4, -0.2) is 38.5 Å². The third kappa shape index (κ3) is 3.19. The number of hydrogen-bond donors (Lipinski definition) is 1. The third-order valence-corrected chi connectivity index (χ3v) is 3.99. The van der Waals surface area contributed by atoms with Crippen molar-refractivity contribution in [1.29, 1.82) is 0 Å². The number of ether oxygens (including phenoxy) is 2. The van der Waals surface area contributed by atoms with E-state index in [9.17, 15) is 0 Å². The molecule has 2 atom stereocenters. The molecule has 3 heteroatoms. The lowest BCUT2D eigenvalue weighted by Crippen LogP contribution is -2.55. The predicted molar refractivity (Wildman–Crippen MR) is 66.7 cm³/mol. The molecule has 0 aromatic carbocycles. The number of hydrogen-bond acceptors (Lipinski definition) is 3. The van der Waals surface area contributed by atoms with Gasteiger partial charge in [-0.2, -0.15) is 0 Å². The maximum absolute atomic E-state index is 5.75. The molecule has 0 amide bonds. The van der Waals surface area contributed by atoms with E-state index in [4.69, 9.17) is 9.47 Å². The molecule has 1 aliphatic rings. The van der Waals surface area contributed by atoms with Crippen molar-refractivity contribution in [3.8, 4) is 0 Å². The van der Waals surface area contributed by atoms with Crippen molar-refractivity contribution in [2.75, 3.05) is 26.9 Å². The average molecular weight is 229 g/mol. The Balaban J connectivity index is 2.70. The molecule has 16 heavy (non-hydrogen) atoms. The molecular formula is C13H27NO2. The van der Waals surface area contributed by atoms with E-state index in [2.05, 4.69) is 26.1 Å². The van der Waals surface area contributed by atoms with Crippen LogP contribution < -0.4 is 5.32 Å². The maximum Gasteiger partial charge on any atom is 0.0803 e. The Kier molecular flexibility index (Phi) is 5.73. The van der Waals surface area contributed by atoms with Gasteiger partial charge in [0, 0.05) is 26.4 Å². The van der Waals surface area contributed by atoms with Gasteiger partial charge in [0.05, 0.1) is 5.60 Å². The Morgan fingerprint density at radius 3 is 2.44 bits per heavy atom. The van der Waals surface area contributed by atoms with E-state index in [1.54, 1.807) is 0 Å². The van der Waals surface area contributed by atoms with Crippen LogP contribution in [0.15, 0.2) is 0 Å². The van der Waals surface area contributed by atoms with Gasteiger partial charge in [-0.15, -0.1) is 0 Å². The summed E-state index contributed by atoms with van der Waals surface area (Å²) >= 11 is 0. The van der Waals surface area contributed by atoms with Crippen molar-refractivity contribution >= 4 is 0 Å². The Labute approximate surface area is 99.9 Å². The molecule has 2 unspecified atom stereocenters. The summed E-state index contributed by atoms with van der Waals surface area (Å²) in [4.78, 5) is 0. The molecule has 96 valence electrons. The second-order valence-corrected chi connectivity index (χ2v) is 4.86. The fourth-order valence-corrected chi connectivity index (χ4v) is 2.64. The van der Waals surface area contributed by atoms with E-state index in [1.165, 1.54) is 0 Å². The highest BCUT2D eigenvalue weighted by molar-refractivity contribution is 4.93. The highest BCUT2D eigenvalue weighted by Gasteiger charge is 2.38. The van der Waals surface area contributed by atoms with Gasteiger partial charge in [0.1, 0.15) is 0 Å². The highest BCUT2D eigenvalue weighted by Crippen LogP contribution is 2.30. The van der Waals surface area contributed by atoms with Crippen LogP contribution in [0.25, 0.3) is 0 Å². The molecule has 1 saturated heterocycles. The maximum atomic E-state index is 5.75. The smallest absolute Gasteiger partial charge is 0.0803 e. The Bertz CT molecular complexity index is 186. The first-order valence-electron chi connectivity index (χ1n) is 6.54. The van der Waals surface area contributed by atoms with E-state index in [-0.39, 0.29) is 5.60 Å². The minimum atomic E-state index is -0.0575. The van der Waals surface area contributed by atoms with Crippen LogP contribution in [0.4, 0.5) is 0 Å². The quantitative estimate of drug-likeness (QED) is 0.757. The topological polar surface area (TPSA) is 30.5 Å². The lowest BCUT2D eigenvalue weighted by atomic mass is 9.80. The highest BCUT2D eigenvalue weighted by atomic mass is 16.5. The van der Waals surface area contributed by atoms with Crippen molar-refractivity contribution in [3.05, 3.63) is 0 Å². The minimum absolute atomic E-state index is 0.0575. The van der Waals surface area contributed by atoms with Crippen LogP contribution in [-0.2, 0) is 9.47 Å². The summed E-state index contributed by atoms with van der Waals surface area (Å²) < 4.78 is 11.2. The summed E-state index contributed by atoms with van der Waals surface area (Å²) in [7, 11) is 1.83. The van der Waals surface area contributed by atoms with E-state index < -0.39 is 0 Å². The van der Waals surface area contributed by atoms with Crippen molar-refractivity contribution in [2.24, 2.45) is 5.92 Å². The number of rotatable bonds is 6. The zero-order valence-electron chi connectivity index (χ0n) is 11.2. The first-order chi connectivity index (χ1) is 7.68. The van der Waals surface area contributed by atoms with Crippen LogP contribution in [0.1, 0.15) is 40.0 Å². The molecule has 1 aliphatic heterocycles. The van der Waals surface area contributed by atoms with Crippen LogP contribution in [0, 0.1) is 5.92 Å². The summed E-state index contributed by atoms with van der Waals surface area (Å²) in [6.45, 7) is 9.38. The van der Waals surface area contributed by atoms with Crippen molar-refractivity contribution in [2.45, 2.75) is 51.7 Å². The number of nitrogens with one attached hydrogen (secondary N) is 1. The van der Waals surface area contributed by atoms with Crippen molar-refractivity contribution in [3.63, 3.8) is 0 Å². The summed E-state index contributed by atoms with van der Waals surface area (Å²) in [5, 5.41) is 3.61. The molecule has 1 rings (SSSR count). The lowest BCUT2D eigenvalue weighted by Gasteiger charge is -2.42. The van der Waals surface area contributed by atoms with Gasteiger partial charge < -0.3 is 14.8 Å². The average Bonchev–Trinajstić information content (AvgIpc) is 2.36. The molecule has 1 fully saturated rings. The molecular weight excluding hydrogens is 202 g/mol. The van der Waals surface area contributed by atoms with E-state index in [0.717, 1.165) is 39.0 Å². The van der Waals surface area contributed by atoms with Crippen LogP contribution in [0.2, 0.25) is 0 Å². The third-order valence-electron chi connectivity index (χ3n) is 3.99. The Hall–Kier alpha value is -0.120. The minimum Gasteiger partial charge on any atom is -0.381 e. The molecule has 1 N–H and O–H groups in total. The fourth-order valence-electron chi connectivity index (χ4n) is 2.64. The predicted octanol–water partition coefficient (Wildman–Crippen LogP) is 2.21. The summed E-state index contributed by atoms with van der Waals surface area (Å²) in [5.41, 5.74) is -0.0575. The first-order valence-corrected chi connectivity index (χ1v) is 6.54. The van der Waals surface area contributed by atoms with Gasteiger partial charge in [-0.05, 0) is 38.6 Å². The lowest BCUT2D eigenvalue weighted by molar-refractivity contribution is -0.0620. The molecule has 0 aromatic rings. The summed E-state index contributed by atoms with van der Waals surface area (Å²) in [6, 6.07) is 0.441. The Morgan fingerprint density at radius 2 is 2.00 bits per heavy atom. The van der Waals surface area contributed by atoms with E-state index in [0.29, 0.717) is 12.0 Å². The molecule has 3 nitrogen and oxygen atoms in total. The van der Waals surface area contributed by atoms with Crippen molar-refractivity contribution in [1.82, 2.24) is 5.32 Å². The largest absolute Gasteiger partial charge is 0.381 e. The van der Waals surface area contributed by atoms with Crippen LogP contribution in [0.3, 0.4) is 0 Å². The van der Waals surface area contributed by atoms with Crippen molar-refractivity contribution < 1.29 is 9.47 Å². The summed E-state index contributed by atoms with van der Waals surface area (Å²) in [6.07, 6.45) is 3.34. The monoisotopic (exact) mass is 229 g/mol. The molecule has 0 bridgehead atoms. The standard InChI is InChI=1S/C13H27NO2/c1-5-13(3,15-4)12(14-6-2)11-7-9-16-10-8-11/h11-12,14H,5-10H2,1-4H3.